The third kappa shape index (κ3) is 5.12. The fourth-order valence-corrected chi connectivity index (χ4v) is 2.49. The number of hydrogen-bond donors (Lipinski definition) is 3. The minimum atomic E-state index is -4.56. The predicted octanol–water partition coefficient (Wildman–Crippen LogP) is 3.10. The van der Waals surface area contributed by atoms with Gasteiger partial charge in [-0.25, -0.2) is 0 Å². The maximum Gasteiger partial charge on any atom is 0.418 e. The van der Waals surface area contributed by atoms with E-state index >= 15 is 0 Å². The average Bonchev–Trinajstić information content (AvgIpc) is 2.44. The quantitative estimate of drug-likeness (QED) is 0.631. The normalized spacial score (nSPS) is 14.9. The Morgan fingerprint density at radius 2 is 2.05 bits per heavy atom. The Morgan fingerprint density at radius 3 is 2.55 bits per heavy atom. The number of anilines is 1. The Kier molecular flexibility index (Phi) is 7.11. The first kappa shape index (κ1) is 19.2. The van der Waals surface area contributed by atoms with Crippen LogP contribution in [0.2, 0.25) is 0 Å². The molecule has 0 bridgehead atoms. The minimum absolute atomic E-state index is 0.122. The highest BCUT2D eigenvalue weighted by Gasteiger charge is 2.34. The van der Waals surface area contributed by atoms with Crippen LogP contribution in [0, 0.1) is 0 Å². The number of nitrogen functional groups attached to an aromatic ring is 1. The Balaban J connectivity index is 3.05. The second-order valence-electron chi connectivity index (χ2n) is 4.92. The molecule has 0 aliphatic heterocycles. The number of nitrogens with two attached hydrogens (primary N) is 1. The number of aliphatic hydroxyl groups is 1. The molecule has 0 aliphatic rings. The van der Waals surface area contributed by atoms with E-state index in [1.807, 2.05) is 13.8 Å². The van der Waals surface area contributed by atoms with Crippen LogP contribution in [0.25, 0.3) is 0 Å². The summed E-state index contributed by atoms with van der Waals surface area (Å²) in [5, 5.41) is 12.5. The summed E-state index contributed by atoms with van der Waals surface area (Å²) in [6.45, 7) is 4.28. The van der Waals surface area contributed by atoms with E-state index in [1.54, 1.807) is 0 Å². The van der Waals surface area contributed by atoms with Crippen LogP contribution in [0.1, 0.15) is 31.0 Å². The molecule has 0 fully saturated rings. The Morgan fingerprint density at radius 1 is 1.41 bits per heavy atom. The number of halogens is 4. The van der Waals surface area contributed by atoms with E-state index in [1.165, 1.54) is 6.07 Å². The van der Waals surface area contributed by atoms with E-state index < -0.39 is 17.8 Å². The van der Waals surface area contributed by atoms with Gasteiger partial charge in [0.25, 0.3) is 0 Å². The van der Waals surface area contributed by atoms with Gasteiger partial charge in [-0.05, 0) is 47.5 Å². The van der Waals surface area contributed by atoms with Crippen molar-refractivity contribution in [3.8, 4) is 0 Å². The maximum absolute atomic E-state index is 13.0. The number of aliphatic hydroxyl groups excluding tert-OH is 1. The molecule has 0 amide bonds. The van der Waals surface area contributed by atoms with Crippen molar-refractivity contribution < 1.29 is 23.0 Å². The lowest BCUT2D eigenvalue weighted by atomic mass is 10.0. The summed E-state index contributed by atoms with van der Waals surface area (Å²) in [7, 11) is 0. The van der Waals surface area contributed by atoms with E-state index in [0.29, 0.717) is 18.8 Å². The molecule has 126 valence electrons. The molecule has 0 radical (unpaired) electrons. The molecule has 0 heterocycles. The zero-order valence-corrected chi connectivity index (χ0v) is 14.0. The van der Waals surface area contributed by atoms with Gasteiger partial charge in [0.1, 0.15) is 0 Å². The number of nitrogens with one attached hydrogen (secondary N) is 1. The van der Waals surface area contributed by atoms with Crippen molar-refractivity contribution in [2.24, 2.45) is 0 Å². The predicted molar refractivity (Wildman–Crippen MR) is 82.5 cm³/mol. The smallest absolute Gasteiger partial charge is 0.397 e. The van der Waals surface area contributed by atoms with Crippen LogP contribution in [0.3, 0.4) is 0 Å². The number of alkyl halides is 3. The average molecular weight is 385 g/mol. The number of rotatable bonds is 7. The van der Waals surface area contributed by atoms with Crippen molar-refractivity contribution in [3.63, 3.8) is 0 Å². The summed E-state index contributed by atoms with van der Waals surface area (Å²) in [6.07, 6.45) is -4.56. The van der Waals surface area contributed by atoms with E-state index in [4.69, 9.17) is 10.5 Å². The highest BCUT2D eigenvalue weighted by atomic mass is 79.9. The first-order valence-corrected chi connectivity index (χ1v) is 7.60. The van der Waals surface area contributed by atoms with Crippen molar-refractivity contribution in [2.75, 3.05) is 25.6 Å². The lowest BCUT2D eigenvalue weighted by molar-refractivity contribution is -0.137. The topological polar surface area (TPSA) is 67.5 Å². The fourth-order valence-electron chi connectivity index (χ4n) is 2.02. The molecule has 2 unspecified atom stereocenters. The Labute approximate surface area is 136 Å². The third-order valence-electron chi connectivity index (χ3n) is 3.10. The van der Waals surface area contributed by atoms with Crippen molar-refractivity contribution in [1.29, 1.82) is 0 Å². The Bertz CT molecular complexity index is 498. The van der Waals surface area contributed by atoms with Gasteiger partial charge in [-0.1, -0.05) is 0 Å². The first-order valence-electron chi connectivity index (χ1n) is 6.81. The summed E-state index contributed by atoms with van der Waals surface area (Å²) in [5.41, 5.74) is 4.49. The lowest BCUT2D eigenvalue weighted by Crippen LogP contribution is -2.36. The number of ether oxygens (including phenoxy) is 1. The molecule has 22 heavy (non-hydrogen) atoms. The molecule has 4 nitrogen and oxygen atoms in total. The fraction of sp³-hybridized carbons (Fsp3) is 0.571. The summed E-state index contributed by atoms with van der Waals surface area (Å²) < 4.78 is 44.4. The molecule has 0 spiro atoms. The Hall–Kier alpha value is -0.830. The minimum Gasteiger partial charge on any atom is -0.397 e. The molecule has 2 atom stereocenters. The molecule has 1 rings (SSSR count). The zero-order chi connectivity index (χ0) is 16.9. The van der Waals surface area contributed by atoms with Gasteiger partial charge in [-0.2, -0.15) is 13.2 Å². The lowest BCUT2D eigenvalue weighted by Gasteiger charge is -2.23. The second kappa shape index (κ2) is 8.14. The van der Waals surface area contributed by atoms with Gasteiger partial charge in [0, 0.05) is 17.1 Å². The first-order chi connectivity index (χ1) is 10.2. The maximum atomic E-state index is 13.0. The van der Waals surface area contributed by atoms with Crippen LogP contribution in [0.4, 0.5) is 18.9 Å². The van der Waals surface area contributed by atoms with Gasteiger partial charge >= 0.3 is 6.18 Å². The van der Waals surface area contributed by atoms with Crippen LogP contribution >= 0.6 is 15.9 Å². The molecular formula is C14H20BrF3N2O2. The molecule has 1 aromatic carbocycles. The molecule has 0 aliphatic carbocycles. The largest absolute Gasteiger partial charge is 0.418 e. The van der Waals surface area contributed by atoms with Crippen LogP contribution in [0.15, 0.2) is 16.6 Å². The van der Waals surface area contributed by atoms with E-state index in [-0.39, 0.29) is 22.8 Å². The van der Waals surface area contributed by atoms with Crippen LogP contribution < -0.4 is 11.1 Å². The SMILES string of the molecule is CCOCC(C)NC(CO)c1cc(Br)c(N)c(C(F)(F)F)c1. The van der Waals surface area contributed by atoms with Crippen molar-refractivity contribution >= 4 is 21.6 Å². The van der Waals surface area contributed by atoms with Gasteiger partial charge in [-0.15, -0.1) is 0 Å². The molecule has 0 saturated carbocycles. The van der Waals surface area contributed by atoms with Gasteiger partial charge in [0.15, 0.2) is 0 Å². The summed E-state index contributed by atoms with van der Waals surface area (Å²) in [4.78, 5) is 0. The van der Waals surface area contributed by atoms with Crippen molar-refractivity contribution in [1.82, 2.24) is 5.32 Å². The van der Waals surface area contributed by atoms with Crippen molar-refractivity contribution in [2.45, 2.75) is 32.1 Å². The van der Waals surface area contributed by atoms with Gasteiger partial charge in [0.05, 0.1) is 30.5 Å². The van der Waals surface area contributed by atoms with E-state index in [2.05, 4.69) is 21.2 Å². The van der Waals surface area contributed by atoms with Gasteiger partial charge in [0.2, 0.25) is 0 Å². The number of hydrogen-bond acceptors (Lipinski definition) is 4. The van der Waals surface area contributed by atoms with Gasteiger partial charge in [-0.3, -0.25) is 0 Å². The van der Waals surface area contributed by atoms with Crippen LogP contribution in [-0.4, -0.2) is 31.0 Å². The third-order valence-corrected chi connectivity index (χ3v) is 3.76. The van der Waals surface area contributed by atoms with Crippen molar-refractivity contribution in [3.05, 3.63) is 27.7 Å². The highest BCUT2D eigenvalue weighted by molar-refractivity contribution is 9.10. The van der Waals surface area contributed by atoms with E-state index in [0.717, 1.165) is 6.07 Å². The summed E-state index contributed by atoms with van der Waals surface area (Å²) in [5.74, 6) is 0. The molecule has 1 aromatic rings. The summed E-state index contributed by atoms with van der Waals surface area (Å²) in [6, 6.07) is 1.67. The molecule has 0 aromatic heterocycles. The molecular weight excluding hydrogens is 365 g/mol. The zero-order valence-electron chi connectivity index (χ0n) is 12.4. The molecule has 4 N–H and O–H groups in total. The number of benzene rings is 1. The van der Waals surface area contributed by atoms with E-state index in [9.17, 15) is 18.3 Å². The molecule has 0 saturated heterocycles. The van der Waals surface area contributed by atoms with Crippen LogP contribution in [0.5, 0.6) is 0 Å². The molecule has 8 heteroatoms. The van der Waals surface area contributed by atoms with Gasteiger partial charge < -0.3 is 20.9 Å². The highest BCUT2D eigenvalue weighted by Crippen LogP contribution is 2.39. The summed E-state index contributed by atoms with van der Waals surface area (Å²) >= 11 is 3.04. The monoisotopic (exact) mass is 384 g/mol. The second-order valence-corrected chi connectivity index (χ2v) is 5.78. The standard InChI is InChI=1S/C14H20BrF3N2O2/c1-3-22-7-8(2)20-12(6-21)9-4-10(14(16,17)18)13(19)11(15)5-9/h4-5,8,12,20-21H,3,6-7,19H2,1-2H3. The van der Waals surface area contributed by atoms with Crippen LogP contribution in [-0.2, 0) is 10.9 Å².